The highest BCUT2D eigenvalue weighted by atomic mass is 127. The second-order valence-corrected chi connectivity index (χ2v) is 6.62. The molecule has 0 saturated carbocycles. The average Bonchev–Trinajstić information content (AvgIpc) is 3.26. The van der Waals surface area contributed by atoms with E-state index in [0.29, 0.717) is 18.4 Å². The first-order valence-corrected chi connectivity index (χ1v) is 8.63. The van der Waals surface area contributed by atoms with Crippen LogP contribution in [-0.4, -0.2) is 36.2 Å². The van der Waals surface area contributed by atoms with Gasteiger partial charge in [0.15, 0.2) is 11.7 Å². The molecule has 5 nitrogen and oxygen atoms in total. The SMILES string of the molecule is CN=C(NCc1cc(C(C)C)no1)N1CCC(c2ccccc2)C1.I. The van der Waals surface area contributed by atoms with E-state index in [1.165, 1.54) is 5.56 Å². The van der Waals surface area contributed by atoms with Crippen LogP contribution in [0.2, 0.25) is 0 Å². The van der Waals surface area contributed by atoms with Crippen LogP contribution in [0.1, 0.15) is 49.1 Å². The van der Waals surface area contributed by atoms with Crippen molar-refractivity contribution >= 4 is 29.9 Å². The van der Waals surface area contributed by atoms with Crippen LogP contribution < -0.4 is 5.32 Å². The molecule has 1 aliphatic rings. The molecule has 1 atom stereocenters. The highest BCUT2D eigenvalue weighted by Gasteiger charge is 2.26. The zero-order chi connectivity index (χ0) is 16.9. The molecule has 2 aromatic rings. The zero-order valence-corrected chi connectivity index (χ0v) is 17.4. The highest BCUT2D eigenvalue weighted by Crippen LogP contribution is 2.26. The minimum atomic E-state index is 0. The van der Waals surface area contributed by atoms with E-state index in [-0.39, 0.29) is 24.0 Å². The lowest BCUT2D eigenvalue weighted by Crippen LogP contribution is -2.39. The highest BCUT2D eigenvalue weighted by molar-refractivity contribution is 14.0. The van der Waals surface area contributed by atoms with Crippen LogP contribution in [0.4, 0.5) is 0 Å². The summed E-state index contributed by atoms with van der Waals surface area (Å²) in [4.78, 5) is 6.74. The first-order chi connectivity index (χ1) is 11.7. The van der Waals surface area contributed by atoms with E-state index in [4.69, 9.17) is 4.52 Å². The van der Waals surface area contributed by atoms with Crippen molar-refractivity contribution in [2.45, 2.75) is 38.6 Å². The Kier molecular flexibility index (Phi) is 7.28. The molecule has 0 radical (unpaired) electrons. The second-order valence-electron chi connectivity index (χ2n) is 6.62. The minimum absolute atomic E-state index is 0. The molecule has 0 aliphatic carbocycles. The van der Waals surface area contributed by atoms with Crippen LogP contribution in [-0.2, 0) is 6.54 Å². The third-order valence-electron chi connectivity index (χ3n) is 4.56. The van der Waals surface area contributed by atoms with Crippen molar-refractivity contribution in [3.05, 3.63) is 53.4 Å². The first kappa shape index (κ1) is 19.8. The van der Waals surface area contributed by atoms with Crippen molar-refractivity contribution in [3.8, 4) is 0 Å². The summed E-state index contributed by atoms with van der Waals surface area (Å²) in [5.41, 5.74) is 2.40. The van der Waals surface area contributed by atoms with Gasteiger partial charge in [-0.2, -0.15) is 0 Å². The van der Waals surface area contributed by atoms with Crippen molar-refractivity contribution in [3.63, 3.8) is 0 Å². The number of rotatable bonds is 4. The molecular weight excluding hydrogens is 427 g/mol. The molecule has 1 unspecified atom stereocenters. The fraction of sp³-hybridized carbons (Fsp3) is 0.474. The molecule has 1 N–H and O–H groups in total. The summed E-state index contributed by atoms with van der Waals surface area (Å²) in [7, 11) is 1.83. The molecule has 1 aromatic carbocycles. The number of nitrogens with one attached hydrogen (secondary N) is 1. The Morgan fingerprint density at radius 3 is 2.76 bits per heavy atom. The van der Waals surface area contributed by atoms with Crippen LogP contribution >= 0.6 is 24.0 Å². The number of aromatic nitrogens is 1. The van der Waals surface area contributed by atoms with Gasteiger partial charge in [0.25, 0.3) is 0 Å². The van der Waals surface area contributed by atoms with Crippen molar-refractivity contribution < 1.29 is 4.52 Å². The summed E-state index contributed by atoms with van der Waals surface area (Å²) >= 11 is 0. The van der Waals surface area contributed by atoms with Crippen LogP contribution in [0.3, 0.4) is 0 Å². The molecular formula is C19H27IN4O. The summed E-state index contributed by atoms with van der Waals surface area (Å²) in [6, 6.07) is 12.7. The number of likely N-dealkylation sites (tertiary alicyclic amines) is 1. The molecule has 1 fully saturated rings. The van der Waals surface area contributed by atoms with Gasteiger partial charge < -0.3 is 14.7 Å². The van der Waals surface area contributed by atoms with Gasteiger partial charge >= 0.3 is 0 Å². The Bertz CT molecular complexity index is 684. The molecule has 3 rings (SSSR count). The van der Waals surface area contributed by atoms with Gasteiger partial charge in [0, 0.05) is 32.1 Å². The van der Waals surface area contributed by atoms with Crippen molar-refractivity contribution in [1.29, 1.82) is 0 Å². The van der Waals surface area contributed by atoms with Gasteiger partial charge in [-0.1, -0.05) is 49.3 Å². The summed E-state index contributed by atoms with van der Waals surface area (Å²) < 4.78 is 5.39. The molecule has 6 heteroatoms. The first-order valence-electron chi connectivity index (χ1n) is 8.63. The Morgan fingerprint density at radius 2 is 2.12 bits per heavy atom. The van der Waals surface area contributed by atoms with Gasteiger partial charge in [-0.3, -0.25) is 4.99 Å². The number of guanidine groups is 1. The van der Waals surface area contributed by atoms with Crippen LogP contribution in [0, 0.1) is 0 Å². The average molecular weight is 454 g/mol. The lowest BCUT2D eigenvalue weighted by atomic mass is 9.99. The third-order valence-corrected chi connectivity index (χ3v) is 4.56. The van der Waals surface area contributed by atoms with Gasteiger partial charge in [-0.25, -0.2) is 0 Å². The standard InChI is InChI=1S/C19H26N4O.HI/c1-14(2)18-11-17(24-22-18)12-21-19(20-3)23-10-9-16(13-23)15-7-5-4-6-8-15;/h4-8,11,14,16H,9-10,12-13H2,1-3H3,(H,20,21);1H. The fourth-order valence-corrected chi connectivity index (χ4v) is 3.13. The van der Waals surface area contributed by atoms with E-state index in [9.17, 15) is 0 Å². The van der Waals surface area contributed by atoms with E-state index in [2.05, 4.69) is 64.5 Å². The minimum Gasteiger partial charge on any atom is -0.359 e. The maximum absolute atomic E-state index is 5.39. The Labute approximate surface area is 166 Å². The molecule has 0 spiro atoms. The van der Waals surface area contributed by atoms with Crippen molar-refractivity contribution in [2.24, 2.45) is 4.99 Å². The topological polar surface area (TPSA) is 53.7 Å². The van der Waals surface area contributed by atoms with Gasteiger partial charge in [0.05, 0.1) is 12.2 Å². The maximum atomic E-state index is 5.39. The summed E-state index contributed by atoms with van der Waals surface area (Å²) in [6.45, 7) is 6.85. The quantitative estimate of drug-likeness (QED) is 0.432. The fourth-order valence-electron chi connectivity index (χ4n) is 3.13. The van der Waals surface area contributed by atoms with E-state index in [0.717, 1.165) is 36.9 Å². The lowest BCUT2D eigenvalue weighted by Gasteiger charge is -2.21. The molecule has 25 heavy (non-hydrogen) atoms. The van der Waals surface area contributed by atoms with Gasteiger partial charge in [0.1, 0.15) is 0 Å². The van der Waals surface area contributed by atoms with E-state index in [1.54, 1.807) is 0 Å². The molecule has 1 saturated heterocycles. The molecule has 1 aliphatic heterocycles. The maximum Gasteiger partial charge on any atom is 0.194 e. The third kappa shape index (κ3) is 4.96. The Balaban J connectivity index is 0.00000225. The molecule has 2 heterocycles. The van der Waals surface area contributed by atoms with E-state index in [1.807, 2.05) is 13.1 Å². The molecule has 136 valence electrons. The van der Waals surface area contributed by atoms with E-state index >= 15 is 0 Å². The smallest absolute Gasteiger partial charge is 0.194 e. The van der Waals surface area contributed by atoms with Crippen LogP contribution in [0.5, 0.6) is 0 Å². The number of nitrogens with zero attached hydrogens (tertiary/aromatic N) is 3. The normalized spacial score (nSPS) is 17.7. The predicted molar refractivity (Wildman–Crippen MR) is 112 cm³/mol. The van der Waals surface area contributed by atoms with Gasteiger partial charge in [0.2, 0.25) is 0 Å². The molecule has 0 bridgehead atoms. The lowest BCUT2D eigenvalue weighted by molar-refractivity contribution is 0.369. The number of hydrogen-bond acceptors (Lipinski definition) is 3. The Morgan fingerprint density at radius 1 is 1.36 bits per heavy atom. The van der Waals surface area contributed by atoms with Gasteiger partial charge in [-0.05, 0) is 17.9 Å². The summed E-state index contributed by atoms with van der Waals surface area (Å²) in [5.74, 6) is 2.73. The van der Waals surface area contributed by atoms with Gasteiger partial charge in [-0.15, -0.1) is 24.0 Å². The summed E-state index contributed by atoms with van der Waals surface area (Å²) in [6.07, 6.45) is 1.16. The zero-order valence-electron chi connectivity index (χ0n) is 15.1. The van der Waals surface area contributed by atoms with Crippen molar-refractivity contribution in [2.75, 3.05) is 20.1 Å². The number of aliphatic imine (C=N–C) groups is 1. The summed E-state index contributed by atoms with van der Waals surface area (Å²) in [5, 5.41) is 7.49. The van der Waals surface area contributed by atoms with Crippen molar-refractivity contribution in [1.82, 2.24) is 15.4 Å². The second kappa shape index (κ2) is 9.22. The monoisotopic (exact) mass is 454 g/mol. The van der Waals surface area contributed by atoms with Crippen LogP contribution in [0.15, 0.2) is 45.9 Å². The largest absolute Gasteiger partial charge is 0.359 e. The van der Waals surface area contributed by atoms with E-state index < -0.39 is 0 Å². The number of halogens is 1. The molecule has 1 aromatic heterocycles. The number of hydrogen-bond donors (Lipinski definition) is 1. The number of benzene rings is 1. The van der Waals surface area contributed by atoms with Crippen LogP contribution in [0.25, 0.3) is 0 Å². The molecule has 0 amide bonds. The predicted octanol–water partition coefficient (Wildman–Crippen LogP) is 3.98. The Hall–Kier alpha value is -1.57.